The van der Waals surface area contributed by atoms with Crippen LogP contribution < -0.4 is 10.9 Å². The Kier molecular flexibility index (Phi) is 6.73. The third-order valence-corrected chi connectivity index (χ3v) is 4.58. The zero-order valence-electron chi connectivity index (χ0n) is 15.1. The molecule has 142 valence electrons. The van der Waals surface area contributed by atoms with Gasteiger partial charge >= 0.3 is 11.8 Å². The molecule has 0 saturated heterocycles. The van der Waals surface area contributed by atoms with Crippen molar-refractivity contribution in [3.8, 4) is 0 Å². The summed E-state index contributed by atoms with van der Waals surface area (Å²) in [6, 6.07) is 2.89. The molecule has 1 aromatic rings. The summed E-state index contributed by atoms with van der Waals surface area (Å²) in [5, 5.41) is 7.96. The topological polar surface area (TPSA) is 96.1 Å². The lowest BCUT2D eigenvalue weighted by Crippen LogP contribution is -2.19. The predicted molar refractivity (Wildman–Crippen MR) is 104 cm³/mol. The van der Waals surface area contributed by atoms with Crippen molar-refractivity contribution in [1.82, 2.24) is 10.9 Å². The molecular weight excluding hydrogens is 344 g/mol. The van der Waals surface area contributed by atoms with Gasteiger partial charge in [-0.15, -0.1) is 0 Å². The van der Waals surface area contributed by atoms with E-state index >= 15 is 0 Å². The van der Waals surface area contributed by atoms with Crippen LogP contribution in [0.3, 0.4) is 0 Å². The highest BCUT2D eigenvalue weighted by Crippen LogP contribution is 2.16. The van der Waals surface area contributed by atoms with Gasteiger partial charge in [0.25, 0.3) is 0 Å². The van der Waals surface area contributed by atoms with Gasteiger partial charge in [-0.25, -0.2) is 10.9 Å². The Labute approximate surface area is 158 Å². The number of amides is 2. The van der Waals surface area contributed by atoms with Gasteiger partial charge in [-0.3, -0.25) is 9.59 Å². The van der Waals surface area contributed by atoms with Gasteiger partial charge in [0.1, 0.15) is 0 Å². The number of carbonyl (C=O) groups excluding carboxylic acids is 2. The van der Waals surface area contributed by atoms with E-state index in [0.29, 0.717) is 11.8 Å². The fourth-order valence-electron chi connectivity index (χ4n) is 3.00. The molecule has 0 spiro atoms. The summed E-state index contributed by atoms with van der Waals surface area (Å²) in [5.41, 5.74) is 4.86. The molecule has 0 saturated carbocycles. The molecular formula is C20H24N4O3. The van der Waals surface area contributed by atoms with Gasteiger partial charge in [0.15, 0.2) is 11.5 Å². The zero-order chi connectivity index (χ0) is 18.9. The minimum Gasteiger partial charge on any atom is -0.446 e. The first kappa shape index (κ1) is 18.8. The maximum atomic E-state index is 12.0. The van der Waals surface area contributed by atoms with Gasteiger partial charge < -0.3 is 4.42 Å². The number of hydrazone groups is 2. The Balaban J connectivity index is 1.46. The third kappa shape index (κ3) is 5.77. The Hall–Kier alpha value is -2.96. The zero-order valence-corrected chi connectivity index (χ0v) is 15.1. The van der Waals surface area contributed by atoms with E-state index in [4.69, 9.17) is 4.42 Å². The summed E-state index contributed by atoms with van der Waals surface area (Å²) in [4.78, 5) is 24.1. The highest BCUT2D eigenvalue weighted by molar-refractivity contribution is 5.95. The molecule has 2 N–H and O–H groups in total. The smallest absolute Gasteiger partial charge is 0.307 e. The highest BCUT2D eigenvalue weighted by atomic mass is 16.4. The maximum absolute atomic E-state index is 12.0. The number of nitrogens with one attached hydrogen (secondary N) is 2. The fraction of sp³-hybridized carbons (Fsp3) is 0.400. The van der Waals surface area contributed by atoms with E-state index in [1.165, 1.54) is 12.1 Å². The van der Waals surface area contributed by atoms with Gasteiger partial charge in [0, 0.05) is 12.4 Å². The van der Waals surface area contributed by atoms with Gasteiger partial charge in [-0.05, 0) is 62.5 Å². The van der Waals surface area contributed by atoms with Crippen molar-refractivity contribution in [2.24, 2.45) is 22.0 Å². The van der Waals surface area contributed by atoms with Crippen LogP contribution >= 0.6 is 0 Å². The van der Waals surface area contributed by atoms with Crippen molar-refractivity contribution < 1.29 is 14.0 Å². The van der Waals surface area contributed by atoms with Crippen molar-refractivity contribution in [2.75, 3.05) is 0 Å². The molecule has 0 fully saturated rings. The summed E-state index contributed by atoms with van der Waals surface area (Å²) in [5.74, 6) is -0.246. The van der Waals surface area contributed by atoms with Crippen molar-refractivity contribution >= 4 is 24.2 Å². The fourth-order valence-corrected chi connectivity index (χ4v) is 3.00. The highest BCUT2D eigenvalue weighted by Gasteiger charge is 2.15. The summed E-state index contributed by atoms with van der Waals surface area (Å²) >= 11 is 0. The van der Waals surface area contributed by atoms with E-state index < -0.39 is 11.8 Å². The van der Waals surface area contributed by atoms with Gasteiger partial charge in [-0.1, -0.05) is 24.3 Å². The summed E-state index contributed by atoms with van der Waals surface area (Å²) in [6.45, 7) is 0. The lowest BCUT2D eigenvalue weighted by Gasteiger charge is -2.11. The minimum atomic E-state index is -0.492. The van der Waals surface area contributed by atoms with Crippen molar-refractivity contribution in [2.45, 2.75) is 38.5 Å². The first-order valence-electron chi connectivity index (χ1n) is 9.29. The molecule has 0 bridgehead atoms. The molecule has 7 nitrogen and oxygen atoms in total. The lowest BCUT2D eigenvalue weighted by molar-refractivity contribution is 0.0902. The van der Waals surface area contributed by atoms with Crippen LogP contribution in [-0.4, -0.2) is 24.2 Å². The first-order valence-corrected chi connectivity index (χ1v) is 9.29. The van der Waals surface area contributed by atoms with Crippen LogP contribution in [-0.2, 0) is 0 Å². The minimum absolute atomic E-state index is 0.0298. The van der Waals surface area contributed by atoms with E-state index in [1.807, 2.05) is 0 Å². The van der Waals surface area contributed by atoms with E-state index in [1.54, 1.807) is 12.4 Å². The quantitative estimate of drug-likeness (QED) is 0.457. The van der Waals surface area contributed by atoms with Crippen LogP contribution in [0.5, 0.6) is 0 Å². The number of hydrogen-bond donors (Lipinski definition) is 2. The molecule has 3 rings (SSSR count). The van der Waals surface area contributed by atoms with Crippen molar-refractivity contribution in [1.29, 1.82) is 0 Å². The van der Waals surface area contributed by atoms with Crippen LogP contribution in [0.25, 0.3) is 0 Å². The second-order valence-corrected chi connectivity index (χ2v) is 6.69. The molecule has 1 aromatic heterocycles. The van der Waals surface area contributed by atoms with Crippen LogP contribution in [0.1, 0.15) is 59.6 Å². The average molecular weight is 368 g/mol. The summed E-state index contributed by atoms with van der Waals surface area (Å²) < 4.78 is 5.30. The van der Waals surface area contributed by atoms with Gasteiger partial charge in [0.2, 0.25) is 0 Å². The Bertz CT molecular complexity index is 713. The van der Waals surface area contributed by atoms with E-state index in [9.17, 15) is 9.59 Å². The normalized spacial score (nSPS) is 22.4. The molecule has 0 radical (unpaired) electrons. The van der Waals surface area contributed by atoms with Gasteiger partial charge in [-0.2, -0.15) is 10.2 Å². The SMILES string of the molecule is O=C(NN=C[C@@H]1CC=CCC1)c1ccc(C(=O)NN=C[C@@H]2CC=CCC2)o1. The van der Waals surface area contributed by atoms with Crippen LogP contribution in [0.4, 0.5) is 0 Å². The van der Waals surface area contributed by atoms with Crippen molar-refractivity contribution in [3.63, 3.8) is 0 Å². The number of carbonyl (C=O) groups is 2. The van der Waals surface area contributed by atoms with E-state index in [2.05, 4.69) is 45.4 Å². The first-order chi connectivity index (χ1) is 13.2. The van der Waals surface area contributed by atoms with E-state index in [-0.39, 0.29) is 11.5 Å². The molecule has 7 heteroatoms. The lowest BCUT2D eigenvalue weighted by atomic mass is 9.96. The number of hydrogen-bond acceptors (Lipinski definition) is 5. The molecule has 0 aliphatic heterocycles. The maximum Gasteiger partial charge on any atom is 0.307 e. The number of rotatable bonds is 6. The monoisotopic (exact) mass is 368 g/mol. The second-order valence-electron chi connectivity index (χ2n) is 6.69. The van der Waals surface area contributed by atoms with E-state index in [0.717, 1.165) is 38.5 Å². The largest absolute Gasteiger partial charge is 0.446 e. The Morgan fingerprint density at radius 1 is 0.852 bits per heavy atom. The third-order valence-electron chi connectivity index (χ3n) is 4.58. The predicted octanol–water partition coefficient (Wildman–Crippen LogP) is 3.42. The molecule has 2 atom stereocenters. The van der Waals surface area contributed by atoms with Crippen molar-refractivity contribution in [3.05, 3.63) is 48.0 Å². The molecule has 2 aliphatic carbocycles. The van der Waals surface area contributed by atoms with Gasteiger partial charge in [0.05, 0.1) is 0 Å². The molecule has 2 amide bonds. The standard InChI is InChI=1S/C20H24N4O3/c25-19(23-21-13-15-7-3-1-4-8-15)17-11-12-18(27-17)20(26)24-22-14-16-9-5-2-6-10-16/h1-3,5,11-16H,4,6-10H2,(H,23,25)(H,24,26)/t15-,16-/m1/s1. The molecule has 0 unspecified atom stereocenters. The van der Waals surface area contributed by atoms with Crippen LogP contribution in [0.15, 0.2) is 51.1 Å². The Morgan fingerprint density at radius 3 is 1.74 bits per heavy atom. The molecule has 1 heterocycles. The van der Waals surface area contributed by atoms with Crippen LogP contribution in [0, 0.1) is 11.8 Å². The summed E-state index contributed by atoms with van der Waals surface area (Å²) in [7, 11) is 0. The Morgan fingerprint density at radius 2 is 1.33 bits per heavy atom. The second kappa shape index (κ2) is 9.66. The van der Waals surface area contributed by atoms with Crippen LogP contribution in [0.2, 0.25) is 0 Å². The molecule has 2 aliphatic rings. The average Bonchev–Trinajstić information content (AvgIpc) is 3.20. The number of allylic oxidation sites excluding steroid dienone is 4. The number of nitrogens with zero attached hydrogens (tertiary/aromatic N) is 2. The summed E-state index contributed by atoms with van der Waals surface area (Å²) in [6.07, 6.45) is 18.0. The molecule has 27 heavy (non-hydrogen) atoms. The number of furan rings is 1. The molecule has 0 aromatic carbocycles.